The molecule has 23 heavy (non-hydrogen) atoms. The normalized spacial score (nSPS) is 12.9. The highest BCUT2D eigenvalue weighted by molar-refractivity contribution is 5.35. The molecule has 124 valence electrons. The Hall–Kier alpha value is -1.84. The van der Waals surface area contributed by atoms with Crippen LogP contribution in [0.1, 0.15) is 37.4 Å². The smallest absolute Gasteiger partial charge is 0.118 e. The van der Waals surface area contributed by atoms with Gasteiger partial charge in [-0.05, 0) is 35.1 Å². The van der Waals surface area contributed by atoms with Gasteiger partial charge in [0.15, 0.2) is 0 Å². The number of rotatable bonds is 8. The second-order valence-electron chi connectivity index (χ2n) is 6.64. The molecule has 0 aliphatic rings. The van der Waals surface area contributed by atoms with Crippen molar-refractivity contribution >= 4 is 0 Å². The molecule has 0 aromatic heterocycles. The van der Waals surface area contributed by atoms with E-state index in [4.69, 9.17) is 4.74 Å². The molecule has 0 amide bonds. The van der Waals surface area contributed by atoms with Crippen molar-refractivity contribution in [3.05, 3.63) is 65.7 Å². The number of hydrogen-bond acceptors (Lipinski definition) is 3. The third-order valence-corrected chi connectivity index (χ3v) is 4.16. The molecule has 3 nitrogen and oxygen atoms in total. The van der Waals surface area contributed by atoms with Crippen molar-refractivity contribution in [3.63, 3.8) is 0 Å². The van der Waals surface area contributed by atoms with Crippen LogP contribution in [0.25, 0.3) is 0 Å². The van der Waals surface area contributed by atoms with Crippen LogP contribution in [-0.4, -0.2) is 25.4 Å². The third-order valence-electron chi connectivity index (χ3n) is 4.16. The molecule has 0 fully saturated rings. The monoisotopic (exact) mass is 313 g/mol. The topological polar surface area (TPSA) is 41.5 Å². The zero-order valence-electron chi connectivity index (χ0n) is 14.3. The average molecular weight is 313 g/mol. The first-order chi connectivity index (χ1) is 11.1. The summed E-state index contributed by atoms with van der Waals surface area (Å²) in [5.74, 6) is 0.862. The van der Waals surface area contributed by atoms with Crippen molar-refractivity contribution in [2.75, 3.05) is 20.3 Å². The van der Waals surface area contributed by atoms with Crippen LogP contribution in [0.15, 0.2) is 54.6 Å². The second kappa shape index (κ2) is 8.14. The fourth-order valence-corrected chi connectivity index (χ4v) is 2.64. The van der Waals surface area contributed by atoms with E-state index in [-0.39, 0.29) is 18.1 Å². The lowest BCUT2D eigenvalue weighted by Gasteiger charge is -2.28. The summed E-state index contributed by atoms with van der Waals surface area (Å²) in [7, 11) is 1.68. The molecule has 1 atom stereocenters. The van der Waals surface area contributed by atoms with Crippen LogP contribution in [0, 0.1) is 5.41 Å². The molecule has 0 aliphatic heterocycles. The molecule has 0 bridgehead atoms. The fraction of sp³-hybridized carbons (Fsp3) is 0.400. The minimum atomic E-state index is 0.0499. The summed E-state index contributed by atoms with van der Waals surface area (Å²) in [5.41, 5.74) is 2.49. The van der Waals surface area contributed by atoms with Crippen LogP contribution >= 0.6 is 0 Å². The first kappa shape index (κ1) is 17.5. The number of benzene rings is 2. The minimum Gasteiger partial charge on any atom is -0.497 e. The van der Waals surface area contributed by atoms with Crippen LogP contribution in [0.3, 0.4) is 0 Å². The summed E-state index contributed by atoms with van der Waals surface area (Å²) in [4.78, 5) is 0. The first-order valence-corrected chi connectivity index (χ1v) is 8.09. The van der Waals surface area contributed by atoms with Crippen molar-refractivity contribution in [1.82, 2.24) is 5.32 Å². The summed E-state index contributed by atoms with van der Waals surface area (Å²) >= 11 is 0. The van der Waals surface area contributed by atoms with E-state index in [1.165, 1.54) is 11.1 Å². The summed E-state index contributed by atoms with van der Waals surface area (Å²) < 4.78 is 5.25. The van der Waals surface area contributed by atoms with Gasteiger partial charge in [0.25, 0.3) is 0 Å². The third kappa shape index (κ3) is 5.08. The zero-order chi connectivity index (χ0) is 16.7. The summed E-state index contributed by atoms with van der Waals surface area (Å²) in [6.45, 7) is 5.39. The Morgan fingerprint density at radius 3 is 2.17 bits per heavy atom. The largest absolute Gasteiger partial charge is 0.497 e. The maximum Gasteiger partial charge on any atom is 0.118 e. The van der Waals surface area contributed by atoms with E-state index in [0.29, 0.717) is 0 Å². The molecule has 2 aromatic carbocycles. The molecule has 2 rings (SSSR count). The number of ether oxygens (including phenoxy) is 1. The zero-order valence-corrected chi connectivity index (χ0v) is 14.3. The van der Waals surface area contributed by atoms with Crippen LogP contribution in [0.2, 0.25) is 0 Å². The van der Waals surface area contributed by atoms with Gasteiger partial charge >= 0.3 is 0 Å². The lowest BCUT2D eigenvalue weighted by molar-refractivity contribution is 0.205. The molecule has 0 aliphatic carbocycles. The molecular weight excluding hydrogens is 286 g/mol. The van der Waals surface area contributed by atoms with Crippen molar-refractivity contribution in [2.24, 2.45) is 5.41 Å². The number of aliphatic hydroxyl groups excluding tert-OH is 1. The molecule has 0 spiro atoms. The quantitative estimate of drug-likeness (QED) is 0.779. The SMILES string of the molecule is COc1ccc(C(NCC(C)(C)CCO)c2ccccc2)cc1. The molecule has 0 heterocycles. The molecular formula is C20H27NO2. The molecule has 3 heteroatoms. The summed E-state index contributed by atoms with van der Waals surface area (Å²) in [6.07, 6.45) is 0.782. The van der Waals surface area contributed by atoms with Crippen molar-refractivity contribution in [2.45, 2.75) is 26.3 Å². The number of aliphatic hydroxyl groups is 1. The van der Waals surface area contributed by atoms with Gasteiger partial charge in [-0.15, -0.1) is 0 Å². The summed E-state index contributed by atoms with van der Waals surface area (Å²) in [5, 5.41) is 12.9. The Labute approximate surface area is 139 Å². The van der Waals surface area contributed by atoms with E-state index in [1.807, 2.05) is 18.2 Å². The first-order valence-electron chi connectivity index (χ1n) is 8.09. The van der Waals surface area contributed by atoms with Gasteiger partial charge in [0.05, 0.1) is 13.2 Å². The van der Waals surface area contributed by atoms with E-state index >= 15 is 0 Å². The van der Waals surface area contributed by atoms with Gasteiger partial charge in [0, 0.05) is 13.2 Å². The second-order valence-corrected chi connectivity index (χ2v) is 6.64. The Morgan fingerprint density at radius 2 is 1.61 bits per heavy atom. The van der Waals surface area contributed by atoms with Crippen molar-refractivity contribution < 1.29 is 9.84 Å². The fourth-order valence-electron chi connectivity index (χ4n) is 2.64. The number of hydrogen-bond donors (Lipinski definition) is 2. The van der Waals surface area contributed by atoms with Gasteiger partial charge in [0.2, 0.25) is 0 Å². The Kier molecular flexibility index (Phi) is 6.20. The summed E-state index contributed by atoms with van der Waals surface area (Å²) in [6, 6.07) is 18.7. The van der Waals surface area contributed by atoms with Gasteiger partial charge < -0.3 is 15.2 Å². The maximum atomic E-state index is 9.22. The Bertz CT molecular complexity index is 578. The van der Waals surface area contributed by atoms with Crippen LogP contribution in [0.5, 0.6) is 5.75 Å². The van der Waals surface area contributed by atoms with Gasteiger partial charge in [-0.3, -0.25) is 0 Å². The van der Waals surface area contributed by atoms with Gasteiger partial charge in [-0.25, -0.2) is 0 Å². The van der Waals surface area contributed by atoms with Crippen LogP contribution < -0.4 is 10.1 Å². The van der Waals surface area contributed by atoms with Gasteiger partial charge in [-0.2, -0.15) is 0 Å². The molecule has 0 saturated heterocycles. The molecule has 2 aromatic rings. The lowest BCUT2D eigenvalue weighted by atomic mass is 9.88. The molecule has 0 saturated carbocycles. The Morgan fingerprint density at radius 1 is 1.00 bits per heavy atom. The Balaban J connectivity index is 2.21. The molecule has 0 radical (unpaired) electrons. The highest BCUT2D eigenvalue weighted by Gasteiger charge is 2.21. The van der Waals surface area contributed by atoms with E-state index in [0.717, 1.165) is 18.7 Å². The van der Waals surface area contributed by atoms with E-state index in [2.05, 4.69) is 55.6 Å². The average Bonchev–Trinajstić information content (AvgIpc) is 2.56. The minimum absolute atomic E-state index is 0.0499. The lowest BCUT2D eigenvalue weighted by Crippen LogP contribution is -2.33. The predicted molar refractivity (Wildman–Crippen MR) is 94.8 cm³/mol. The number of nitrogens with one attached hydrogen (secondary N) is 1. The van der Waals surface area contributed by atoms with Crippen LogP contribution in [0.4, 0.5) is 0 Å². The highest BCUT2D eigenvalue weighted by atomic mass is 16.5. The predicted octanol–water partition coefficient (Wildman–Crippen LogP) is 3.78. The number of methoxy groups -OCH3 is 1. The van der Waals surface area contributed by atoms with E-state index in [9.17, 15) is 5.11 Å². The van der Waals surface area contributed by atoms with Gasteiger partial charge in [-0.1, -0.05) is 56.3 Å². The standard InChI is InChI=1S/C20H27NO2/c1-20(2,13-14-22)15-21-19(16-7-5-4-6-8-16)17-9-11-18(23-3)12-10-17/h4-12,19,21-22H,13-15H2,1-3H3. The highest BCUT2D eigenvalue weighted by Crippen LogP contribution is 2.26. The van der Waals surface area contributed by atoms with E-state index in [1.54, 1.807) is 7.11 Å². The maximum absolute atomic E-state index is 9.22. The van der Waals surface area contributed by atoms with Crippen molar-refractivity contribution in [1.29, 1.82) is 0 Å². The molecule has 1 unspecified atom stereocenters. The van der Waals surface area contributed by atoms with Crippen LogP contribution in [-0.2, 0) is 0 Å². The van der Waals surface area contributed by atoms with E-state index < -0.39 is 0 Å². The molecule has 2 N–H and O–H groups in total. The van der Waals surface area contributed by atoms with Gasteiger partial charge in [0.1, 0.15) is 5.75 Å². The van der Waals surface area contributed by atoms with Crippen molar-refractivity contribution in [3.8, 4) is 5.75 Å².